The molecule has 40 heteroatoms. The number of likely N-dealkylation sites (N-methyl/N-ethyl adjacent to an activating group) is 1. The number of benzene rings is 5. The summed E-state index contributed by atoms with van der Waals surface area (Å²) < 4.78 is 87.4. The first-order chi connectivity index (χ1) is 63.2. The van der Waals surface area contributed by atoms with E-state index in [1.165, 1.54) is 66.1 Å². The number of rotatable bonds is 20. The Hall–Kier alpha value is -14.1. The molecule has 3 amide bonds. The van der Waals surface area contributed by atoms with Gasteiger partial charge in [0.1, 0.15) is 90.2 Å². The first-order valence-corrected chi connectivity index (χ1v) is 42.6. The van der Waals surface area contributed by atoms with Crippen molar-refractivity contribution < 1.29 is 60.7 Å². The smallest absolute Gasteiger partial charge is 0.324 e. The van der Waals surface area contributed by atoms with Crippen LogP contribution in [0.15, 0.2) is 148 Å². The number of carbonyl (C=O) groups is 3. The van der Waals surface area contributed by atoms with Crippen molar-refractivity contribution in [1.29, 1.82) is 0 Å². The fourth-order valence-electron chi connectivity index (χ4n) is 16.7. The van der Waals surface area contributed by atoms with Gasteiger partial charge in [0, 0.05) is 173 Å². The van der Waals surface area contributed by atoms with E-state index < -0.39 is 23.6 Å². The van der Waals surface area contributed by atoms with Crippen molar-refractivity contribution in [2.24, 2.45) is 0 Å². The van der Waals surface area contributed by atoms with Crippen LogP contribution >= 0.6 is 34.8 Å². The number of methoxy groups -OCH3 is 1. The molecule has 5 aromatic carbocycles. The Bertz CT molecular complexity index is 6840. The predicted molar refractivity (Wildman–Crippen MR) is 481 cm³/mol. The minimum atomic E-state index is -0.678. The first-order valence-electron chi connectivity index (χ1n) is 41.4. The molecule has 4 saturated heterocycles. The lowest BCUT2D eigenvalue weighted by Gasteiger charge is -2.35. The molecule has 20 rings (SSSR count). The molecule has 0 aliphatic carbocycles. The highest BCUT2D eigenvalue weighted by Crippen LogP contribution is 2.46. The number of hydrogen-bond donors (Lipinski definition) is 3. The zero-order valence-electron chi connectivity index (χ0n) is 70.4. The number of pyridine rings is 3. The lowest BCUT2D eigenvalue weighted by Crippen LogP contribution is -2.48. The van der Waals surface area contributed by atoms with E-state index in [2.05, 4.69) is 122 Å². The van der Waals surface area contributed by atoms with Gasteiger partial charge < -0.3 is 67.5 Å². The summed E-state index contributed by atoms with van der Waals surface area (Å²) in [7, 11) is 5.74. The number of nitrogens with zero attached hydrogens (tertiary/aromatic N) is 21. The lowest BCUT2D eigenvalue weighted by atomic mass is 9.99. The molecular formula is C90H82Cl3F3N24O10. The van der Waals surface area contributed by atoms with Gasteiger partial charge in [0.25, 0.3) is 0 Å². The number of hydrogen-bond acceptors (Lipinski definition) is 28. The average Bonchev–Trinajstić information content (AvgIpc) is 1.51. The molecule has 9 aromatic heterocycles. The maximum atomic E-state index is 14.7. The summed E-state index contributed by atoms with van der Waals surface area (Å²) in [5.41, 5.74) is 6.86. The molecule has 0 radical (unpaired) electrons. The van der Waals surface area contributed by atoms with Gasteiger partial charge >= 0.3 is 18.0 Å². The Balaban J connectivity index is 0.000000131. The second-order valence-corrected chi connectivity index (χ2v) is 32.5. The van der Waals surface area contributed by atoms with E-state index in [0.717, 1.165) is 43.7 Å². The van der Waals surface area contributed by atoms with E-state index in [1.54, 1.807) is 58.6 Å². The number of aromatic nitrogens is 15. The number of amides is 3. The van der Waals surface area contributed by atoms with Gasteiger partial charge in [0.05, 0.1) is 74.0 Å². The number of fused-ring (bicyclic) bond motifs is 8. The molecule has 6 aliphatic heterocycles. The molecule has 6 aliphatic rings. The van der Waals surface area contributed by atoms with Crippen molar-refractivity contribution in [3.63, 3.8) is 0 Å². The lowest BCUT2D eigenvalue weighted by molar-refractivity contribution is -0.127. The number of H-pyrrole nitrogens is 3. The van der Waals surface area contributed by atoms with Gasteiger partial charge in [-0.05, 0) is 80.2 Å². The van der Waals surface area contributed by atoms with E-state index in [0.29, 0.717) is 193 Å². The number of ether oxygens (including phenoxy) is 7. The van der Waals surface area contributed by atoms with E-state index in [9.17, 15) is 27.6 Å². The fourth-order valence-corrected chi connectivity index (χ4v) is 17.2. The topological polar surface area (TPSA) is 347 Å². The number of piperazine rings is 3. The summed E-state index contributed by atoms with van der Waals surface area (Å²) in [5, 5.41) is 23.0. The van der Waals surface area contributed by atoms with Gasteiger partial charge in [-0.25, -0.2) is 28.1 Å². The molecule has 0 saturated carbocycles. The van der Waals surface area contributed by atoms with Gasteiger partial charge in [-0.2, -0.15) is 45.2 Å². The summed E-state index contributed by atoms with van der Waals surface area (Å²) >= 11 is 19.1. The van der Waals surface area contributed by atoms with Crippen molar-refractivity contribution in [2.45, 2.75) is 38.3 Å². The van der Waals surface area contributed by atoms with Crippen LogP contribution in [0.3, 0.4) is 0 Å². The first kappa shape index (κ1) is 86.6. The monoisotopic (exact) mass is 1820 g/mol. The van der Waals surface area contributed by atoms with Crippen LogP contribution in [0.25, 0.3) is 65.4 Å². The third-order valence-corrected chi connectivity index (χ3v) is 24.3. The highest BCUT2D eigenvalue weighted by atomic mass is 35.5. The largest absolute Gasteiger partial charge is 0.456 e. The van der Waals surface area contributed by atoms with Crippen LogP contribution in [0.5, 0.6) is 64.4 Å². The van der Waals surface area contributed by atoms with E-state index in [1.807, 2.05) is 29.2 Å². The van der Waals surface area contributed by atoms with Gasteiger partial charge in [0.2, 0.25) is 35.4 Å². The molecule has 2 atom stereocenters. The summed E-state index contributed by atoms with van der Waals surface area (Å²) in [5.74, 6) is 3.84. The maximum absolute atomic E-state index is 14.7. The standard InChI is InChI=1S/C31H28ClFN8O3.C30H26ClFN8O3.C29H28ClFN8O4/c1-3-25(42)40-11-13-41(14-12-40)29-19-7-9-34-30(44-28-20-16-35-38-23(20)15-22(33)26(28)32)27(19)36-31(37-29)43-24-6-4-5-18-8-10-39(2)17-21(18)24;1-3-24(41)39-9-11-40(12-10-39)28-18-7-8-33-29(43-27-19-14-34-37-22(19)13-21(32)25(27)31)26(18)35-30(36-28)42-23-6-4-5-17-15-38(2)16-20(17)23;1-4-8-37-15-21(41-3)22(16-37)42-29-34-25-17(27(35-29)39-11-9-38(10-12-39)23(40)5-2)6-7-32-28(25)43-26-18-14-33-36-20(18)13-19(31)24(26)30/h3-7,9,15-16H,1,8,10-14,17H2,2H3,(H,35,38);3-8,13-14H,1,9-12,15-16H2,2H3,(H,34,37);1,5-7,13-14,21-22H,2,8-12,15-16H2,3H3,(H,33,36)/t;;21-,22-/m..1/s1. The second kappa shape index (κ2) is 37.3. The number of carbonyl (C=O) groups excluding carboxylic acids is 3. The van der Waals surface area contributed by atoms with Crippen molar-refractivity contribution in [1.82, 2.24) is 105 Å². The number of aromatic amines is 3. The van der Waals surface area contributed by atoms with Crippen LogP contribution in [0.2, 0.25) is 15.1 Å². The molecule has 0 spiro atoms. The molecule has 664 valence electrons. The number of likely N-dealkylation sites (tertiary alicyclic amines) is 1. The highest BCUT2D eigenvalue weighted by molar-refractivity contribution is 6.34. The average molecular weight is 1820 g/mol. The quantitative estimate of drug-likeness (QED) is 0.0471. The van der Waals surface area contributed by atoms with Crippen molar-refractivity contribution in [2.75, 3.05) is 141 Å². The van der Waals surface area contributed by atoms with Crippen molar-refractivity contribution in [3.05, 3.63) is 203 Å². The molecule has 15 heterocycles. The Labute approximate surface area is 755 Å². The number of nitrogens with one attached hydrogen (secondary N) is 3. The molecule has 14 aromatic rings. The van der Waals surface area contributed by atoms with Crippen LogP contribution in [-0.4, -0.2) is 261 Å². The number of halogens is 6. The molecule has 130 heavy (non-hydrogen) atoms. The Morgan fingerprint density at radius 1 is 0.477 bits per heavy atom. The van der Waals surface area contributed by atoms with Crippen LogP contribution < -0.4 is 43.1 Å². The van der Waals surface area contributed by atoms with Crippen molar-refractivity contribution >= 4 is 135 Å². The number of terminal acetylenes is 1. The van der Waals surface area contributed by atoms with Crippen LogP contribution in [-0.2, 0) is 45.2 Å². The minimum absolute atomic E-state index is 0.0461. The SMILES string of the molecule is C#CCN1C[C@@H](OC)[C@H](Oc2nc(N3CCN(C(=O)C=C)CC3)c3ccnc(Oc4c(Cl)c(F)cc5[nH]ncc45)c3n2)C1.C=CC(=O)N1CCN(c2nc(Oc3cccc4c3CN(C)C4)nc3c(Oc4c(Cl)c(F)cc5[nH]ncc45)nccc23)CC1.C=CC(=O)N1CCN(c2nc(Oc3cccc4c3CN(C)CC4)nc3c(Oc4c(Cl)c(F)cc5[nH]ncc45)nccc23)CC1. The van der Waals surface area contributed by atoms with Crippen LogP contribution in [0.4, 0.5) is 30.6 Å². The zero-order chi connectivity index (χ0) is 90.1. The highest BCUT2D eigenvalue weighted by Gasteiger charge is 2.37. The van der Waals surface area contributed by atoms with Crippen LogP contribution in [0.1, 0.15) is 22.3 Å². The summed E-state index contributed by atoms with van der Waals surface area (Å²) in [4.78, 5) is 96.6. The van der Waals surface area contributed by atoms with Crippen molar-refractivity contribution in [3.8, 4) is 76.8 Å². The number of anilines is 3. The molecule has 3 N–H and O–H groups in total. The third-order valence-electron chi connectivity index (χ3n) is 23.3. The maximum Gasteiger partial charge on any atom is 0.324 e. The Morgan fingerprint density at radius 2 is 0.854 bits per heavy atom. The molecular weight excluding hydrogens is 1740 g/mol. The Morgan fingerprint density at radius 3 is 1.25 bits per heavy atom. The summed E-state index contributed by atoms with van der Waals surface area (Å²) in [6.45, 7) is 21.7. The fraction of sp³-hybridized carbons (Fsp3) is 0.278. The van der Waals surface area contributed by atoms with Crippen LogP contribution in [0, 0.1) is 29.8 Å². The second-order valence-electron chi connectivity index (χ2n) is 31.4. The molecule has 0 unspecified atom stereocenters. The normalized spacial score (nSPS) is 16.6. The third kappa shape index (κ3) is 17.5. The van der Waals surface area contributed by atoms with Gasteiger partial charge in [0.15, 0.2) is 17.2 Å². The van der Waals surface area contributed by atoms with Gasteiger partial charge in [-0.3, -0.25) is 39.5 Å². The predicted octanol–water partition coefficient (Wildman–Crippen LogP) is 13.2. The zero-order valence-corrected chi connectivity index (χ0v) is 72.6. The summed E-state index contributed by atoms with van der Waals surface area (Å²) in [6, 6.07) is 21.3. The molecule has 34 nitrogen and oxygen atoms in total. The molecule has 4 fully saturated rings. The minimum Gasteiger partial charge on any atom is -0.456 e. The van der Waals surface area contributed by atoms with Gasteiger partial charge in [-0.15, -0.1) is 6.42 Å². The van der Waals surface area contributed by atoms with E-state index >= 15 is 0 Å². The Kier molecular flexibility index (Phi) is 24.8. The summed E-state index contributed by atoms with van der Waals surface area (Å²) in [6.07, 6.45) is 19.0. The molecule has 0 bridgehead atoms. The van der Waals surface area contributed by atoms with Gasteiger partial charge in [-0.1, -0.05) is 84.7 Å². The van der Waals surface area contributed by atoms with E-state index in [-0.39, 0.29) is 91.8 Å². The van der Waals surface area contributed by atoms with E-state index in [4.69, 9.17) is 104 Å².